The average molecular weight is 421 g/mol. The molecule has 5 heteroatoms. The number of alkyl halides is 1. The lowest BCUT2D eigenvalue weighted by Gasteiger charge is -2.21. The van der Waals surface area contributed by atoms with Gasteiger partial charge in [-0.3, -0.25) is 9.69 Å². The van der Waals surface area contributed by atoms with Gasteiger partial charge in [-0.1, -0.05) is 28.1 Å². The first-order valence-corrected chi connectivity index (χ1v) is 7.92. The lowest BCUT2D eigenvalue weighted by molar-refractivity contribution is -0.122. The number of ketones is 1. The third-order valence-electron chi connectivity index (χ3n) is 4.11. The van der Waals surface area contributed by atoms with Gasteiger partial charge in [-0.25, -0.2) is 0 Å². The van der Waals surface area contributed by atoms with Crippen molar-refractivity contribution in [3.8, 4) is 5.75 Å². The Bertz CT molecular complexity index is 462. The molecule has 1 aliphatic carbocycles. The first-order chi connectivity index (χ1) is 9.52. The van der Waals surface area contributed by atoms with E-state index in [9.17, 15) is 4.79 Å². The molecule has 21 heavy (non-hydrogen) atoms. The Balaban J connectivity index is 0.00000220. The van der Waals surface area contributed by atoms with Crippen molar-refractivity contribution in [1.82, 2.24) is 4.90 Å². The Labute approximate surface area is 145 Å². The van der Waals surface area contributed by atoms with Gasteiger partial charge in [-0.2, -0.15) is 0 Å². The Morgan fingerprint density at radius 3 is 2.43 bits per heavy atom. The van der Waals surface area contributed by atoms with Crippen LogP contribution in [0.2, 0.25) is 0 Å². The number of benzene rings is 1. The lowest BCUT2D eigenvalue weighted by atomic mass is 9.94. The molecule has 0 radical (unpaired) electrons. The summed E-state index contributed by atoms with van der Waals surface area (Å²) in [5, 5.41) is 0. The molecule has 1 aromatic rings. The SMILES string of the molecule is Br.COc1ccc(C2CCC(CC(Br)N(C)C)C2=O)cc1. The number of hydrogen-bond acceptors (Lipinski definition) is 3. The quantitative estimate of drug-likeness (QED) is 0.532. The van der Waals surface area contributed by atoms with Crippen LogP contribution in [0.5, 0.6) is 5.75 Å². The number of Topliss-reactive ketones (excluding diaryl/α,β-unsaturated/α-hetero) is 1. The molecule has 1 aliphatic rings. The molecular formula is C16H23Br2NO2. The highest BCUT2D eigenvalue weighted by molar-refractivity contribution is 9.09. The first-order valence-electron chi connectivity index (χ1n) is 7.01. The molecule has 1 aromatic carbocycles. The van der Waals surface area contributed by atoms with Gasteiger partial charge in [0.2, 0.25) is 0 Å². The first kappa shape index (κ1) is 18.7. The van der Waals surface area contributed by atoms with E-state index in [0.717, 1.165) is 30.6 Å². The van der Waals surface area contributed by atoms with Gasteiger partial charge in [0.15, 0.2) is 0 Å². The van der Waals surface area contributed by atoms with Gasteiger partial charge in [-0.15, -0.1) is 17.0 Å². The minimum Gasteiger partial charge on any atom is -0.497 e. The van der Waals surface area contributed by atoms with Crippen LogP contribution in [0.4, 0.5) is 0 Å². The summed E-state index contributed by atoms with van der Waals surface area (Å²) in [5.41, 5.74) is 1.12. The standard InChI is InChI=1S/C16H22BrNO2.BrH/c1-18(2)15(17)10-12-6-9-14(16(12)19)11-4-7-13(20-3)8-5-11;/h4-5,7-8,12,14-15H,6,9-10H2,1-3H3;1H. The van der Waals surface area contributed by atoms with Crippen molar-refractivity contribution in [2.45, 2.75) is 30.1 Å². The largest absolute Gasteiger partial charge is 0.497 e. The third-order valence-corrected chi connectivity index (χ3v) is 5.30. The topological polar surface area (TPSA) is 29.5 Å². The summed E-state index contributed by atoms with van der Waals surface area (Å²) < 4.78 is 5.16. The van der Waals surface area contributed by atoms with Gasteiger partial charge >= 0.3 is 0 Å². The Kier molecular flexibility index (Phi) is 7.37. The Morgan fingerprint density at radius 1 is 1.29 bits per heavy atom. The number of rotatable bonds is 5. The molecule has 0 spiro atoms. The van der Waals surface area contributed by atoms with Gasteiger partial charge in [0, 0.05) is 11.8 Å². The van der Waals surface area contributed by atoms with E-state index < -0.39 is 0 Å². The molecule has 0 bridgehead atoms. The van der Waals surface area contributed by atoms with E-state index >= 15 is 0 Å². The second kappa shape index (κ2) is 8.30. The number of hydrogen-bond donors (Lipinski definition) is 0. The summed E-state index contributed by atoms with van der Waals surface area (Å²) in [6.45, 7) is 0. The molecule has 0 aromatic heterocycles. The molecular weight excluding hydrogens is 398 g/mol. The number of nitrogens with zero attached hydrogens (tertiary/aromatic N) is 1. The second-order valence-electron chi connectivity index (χ2n) is 5.64. The third kappa shape index (κ3) is 4.54. The van der Waals surface area contributed by atoms with Crippen LogP contribution in [-0.2, 0) is 4.79 Å². The summed E-state index contributed by atoms with van der Waals surface area (Å²) >= 11 is 3.63. The van der Waals surface area contributed by atoms with E-state index in [1.165, 1.54) is 0 Å². The van der Waals surface area contributed by atoms with Crippen molar-refractivity contribution in [3.63, 3.8) is 0 Å². The van der Waals surface area contributed by atoms with Gasteiger partial charge in [0.05, 0.1) is 12.1 Å². The summed E-state index contributed by atoms with van der Waals surface area (Å²) in [4.78, 5) is 14.9. The monoisotopic (exact) mass is 419 g/mol. The molecule has 1 saturated carbocycles. The van der Waals surface area contributed by atoms with Crippen LogP contribution in [0.15, 0.2) is 24.3 Å². The van der Waals surface area contributed by atoms with Gasteiger partial charge in [-0.05, 0) is 51.1 Å². The van der Waals surface area contributed by atoms with Crippen LogP contribution in [0.1, 0.15) is 30.7 Å². The predicted octanol–water partition coefficient (Wildman–Crippen LogP) is 4.01. The molecule has 3 unspecified atom stereocenters. The van der Waals surface area contributed by atoms with Gasteiger partial charge < -0.3 is 4.74 Å². The molecule has 0 aliphatic heterocycles. The van der Waals surface area contributed by atoms with E-state index in [2.05, 4.69) is 20.8 Å². The van der Waals surface area contributed by atoms with E-state index in [-0.39, 0.29) is 33.8 Å². The van der Waals surface area contributed by atoms with Crippen molar-refractivity contribution in [3.05, 3.63) is 29.8 Å². The number of carbonyl (C=O) groups excluding carboxylic acids is 1. The maximum atomic E-state index is 12.5. The smallest absolute Gasteiger partial charge is 0.143 e. The fourth-order valence-electron chi connectivity index (χ4n) is 2.78. The van der Waals surface area contributed by atoms with E-state index in [4.69, 9.17) is 4.74 Å². The zero-order chi connectivity index (χ0) is 14.7. The molecule has 3 atom stereocenters. The maximum Gasteiger partial charge on any atom is 0.143 e. The summed E-state index contributed by atoms with van der Waals surface area (Å²) in [6.07, 6.45) is 2.84. The summed E-state index contributed by atoms with van der Waals surface area (Å²) in [5.74, 6) is 1.46. The van der Waals surface area contributed by atoms with Gasteiger partial charge in [0.25, 0.3) is 0 Å². The van der Waals surface area contributed by atoms with Crippen molar-refractivity contribution >= 4 is 38.7 Å². The molecule has 0 heterocycles. The Morgan fingerprint density at radius 2 is 1.90 bits per heavy atom. The van der Waals surface area contributed by atoms with Gasteiger partial charge in [0.1, 0.15) is 11.5 Å². The number of carbonyl (C=O) groups is 1. The average Bonchev–Trinajstić information content (AvgIpc) is 2.80. The van der Waals surface area contributed by atoms with E-state index in [1.54, 1.807) is 7.11 Å². The van der Waals surface area contributed by atoms with E-state index in [1.807, 2.05) is 38.4 Å². The fraction of sp³-hybridized carbons (Fsp3) is 0.562. The second-order valence-corrected chi connectivity index (χ2v) is 6.69. The van der Waals surface area contributed by atoms with Crippen LogP contribution in [0.3, 0.4) is 0 Å². The van der Waals surface area contributed by atoms with Crippen molar-refractivity contribution < 1.29 is 9.53 Å². The van der Waals surface area contributed by atoms with Crippen molar-refractivity contribution in [2.75, 3.05) is 21.2 Å². The van der Waals surface area contributed by atoms with Crippen molar-refractivity contribution in [2.24, 2.45) is 5.92 Å². The Hall–Kier alpha value is -0.390. The molecule has 0 saturated heterocycles. The normalized spacial score (nSPS) is 23.0. The molecule has 0 amide bonds. The zero-order valence-electron chi connectivity index (χ0n) is 12.7. The molecule has 0 N–H and O–H groups in total. The minimum atomic E-state index is 0. The predicted molar refractivity (Wildman–Crippen MR) is 94.8 cm³/mol. The number of methoxy groups -OCH3 is 1. The minimum absolute atomic E-state index is 0. The fourth-order valence-corrected chi connectivity index (χ4v) is 3.23. The molecule has 2 rings (SSSR count). The molecule has 3 nitrogen and oxygen atoms in total. The zero-order valence-corrected chi connectivity index (χ0v) is 16.0. The molecule has 118 valence electrons. The van der Waals surface area contributed by atoms with Crippen molar-refractivity contribution in [1.29, 1.82) is 0 Å². The molecule has 1 fully saturated rings. The number of halogens is 2. The highest BCUT2D eigenvalue weighted by Crippen LogP contribution is 2.38. The van der Waals surface area contributed by atoms with Crippen LogP contribution in [-0.4, -0.2) is 36.8 Å². The number of ether oxygens (including phenoxy) is 1. The maximum absolute atomic E-state index is 12.5. The van der Waals surface area contributed by atoms with Crippen LogP contribution in [0.25, 0.3) is 0 Å². The van der Waals surface area contributed by atoms with E-state index in [0.29, 0.717) is 5.78 Å². The van der Waals surface area contributed by atoms with Crippen LogP contribution in [0, 0.1) is 5.92 Å². The lowest BCUT2D eigenvalue weighted by Crippen LogP contribution is -2.26. The summed E-state index contributed by atoms with van der Waals surface area (Å²) in [7, 11) is 5.71. The van der Waals surface area contributed by atoms with Crippen LogP contribution >= 0.6 is 32.9 Å². The highest BCUT2D eigenvalue weighted by atomic mass is 79.9. The highest BCUT2D eigenvalue weighted by Gasteiger charge is 2.36. The van der Waals surface area contributed by atoms with Crippen LogP contribution < -0.4 is 4.74 Å². The summed E-state index contributed by atoms with van der Waals surface area (Å²) in [6, 6.07) is 7.90.